The average Bonchev–Trinajstić information content (AvgIpc) is 3.76. The SMILES string of the molecule is C(=N\NC1=NCCN1)/c1c(-c2ccsc2)nc2n1ccc1nc(-c3ccsc3)c(/C=N/NC3=NCCN3)n12. The van der Waals surface area contributed by atoms with E-state index >= 15 is 0 Å². The highest BCUT2D eigenvalue weighted by Crippen LogP contribution is 2.30. The predicted octanol–water partition coefficient (Wildman–Crippen LogP) is 2.20. The van der Waals surface area contributed by atoms with E-state index in [1.807, 2.05) is 31.8 Å². The van der Waals surface area contributed by atoms with Gasteiger partial charge in [-0.05, 0) is 29.0 Å². The number of fused-ring (bicyclic) bond motifs is 3. The number of guanidine groups is 2. The predicted molar refractivity (Wildman–Crippen MR) is 153 cm³/mol. The lowest BCUT2D eigenvalue weighted by atomic mass is 10.2. The van der Waals surface area contributed by atoms with E-state index < -0.39 is 0 Å². The number of aromatic nitrogens is 4. The van der Waals surface area contributed by atoms with Crippen LogP contribution in [0, 0.1) is 0 Å². The second-order valence-electron chi connectivity index (χ2n) is 8.45. The molecule has 38 heavy (non-hydrogen) atoms. The molecule has 0 bridgehead atoms. The van der Waals surface area contributed by atoms with Crippen LogP contribution in [0.1, 0.15) is 11.4 Å². The maximum absolute atomic E-state index is 5.09. The van der Waals surface area contributed by atoms with Gasteiger partial charge in [0, 0.05) is 41.2 Å². The van der Waals surface area contributed by atoms with E-state index in [0.29, 0.717) is 17.7 Å². The van der Waals surface area contributed by atoms with Gasteiger partial charge in [0.2, 0.25) is 17.7 Å². The van der Waals surface area contributed by atoms with Crippen LogP contribution < -0.4 is 21.5 Å². The maximum Gasteiger partial charge on any atom is 0.221 e. The van der Waals surface area contributed by atoms with Gasteiger partial charge in [-0.15, -0.1) is 0 Å². The zero-order valence-corrected chi connectivity index (χ0v) is 21.6. The lowest BCUT2D eigenvalue weighted by molar-refractivity contribution is 0.918. The van der Waals surface area contributed by atoms with E-state index in [1.165, 1.54) is 0 Å². The van der Waals surface area contributed by atoms with Crippen molar-refractivity contribution < 1.29 is 0 Å². The number of hydrazone groups is 2. The van der Waals surface area contributed by atoms with Crippen molar-refractivity contribution in [2.45, 2.75) is 0 Å². The fourth-order valence-electron chi connectivity index (χ4n) is 4.37. The molecule has 5 aromatic heterocycles. The largest absolute Gasteiger partial charge is 0.353 e. The van der Waals surface area contributed by atoms with Crippen LogP contribution in [0.4, 0.5) is 0 Å². The maximum atomic E-state index is 5.09. The van der Waals surface area contributed by atoms with Crippen molar-refractivity contribution in [3.05, 3.63) is 57.3 Å². The Morgan fingerprint density at radius 2 is 1.45 bits per heavy atom. The molecular weight excluding hydrogens is 520 g/mol. The smallest absolute Gasteiger partial charge is 0.221 e. The molecule has 0 amide bonds. The first-order valence-corrected chi connectivity index (χ1v) is 13.9. The van der Waals surface area contributed by atoms with Gasteiger partial charge in [0.1, 0.15) is 11.3 Å². The molecule has 0 aromatic carbocycles. The minimum Gasteiger partial charge on any atom is -0.353 e. The monoisotopic (exact) mass is 542 g/mol. The van der Waals surface area contributed by atoms with Crippen LogP contribution in [0.5, 0.6) is 0 Å². The Morgan fingerprint density at radius 1 is 0.816 bits per heavy atom. The summed E-state index contributed by atoms with van der Waals surface area (Å²) in [7, 11) is 0. The van der Waals surface area contributed by atoms with Gasteiger partial charge in [0.05, 0.1) is 42.6 Å². The van der Waals surface area contributed by atoms with Gasteiger partial charge >= 0.3 is 0 Å². The van der Waals surface area contributed by atoms with Crippen LogP contribution in [0.15, 0.2) is 66.1 Å². The van der Waals surface area contributed by atoms with Gasteiger partial charge in [0.15, 0.2) is 0 Å². The molecule has 14 heteroatoms. The highest BCUT2D eigenvalue weighted by Gasteiger charge is 2.20. The summed E-state index contributed by atoms with van der Waals surface area (Å²) >= 11 is 3.25. The van der Waals surface area contributed by atoms with E-state index in [-0.39, 0.29) is 0 Å². The molecule has 12 nitrogen and oxygen atoms in total. The van der Waals surface area contributed by atoms with Crippen LogP contribution in [0.3, 0.4) is 0 Å². The highest BCUT2D eigenvalue weighted by atomic mass is 32.1. The number of thiophene rings is 2. The van der Waals surface area contributed by atoms with Gasteiger partial charge in [-0.3, -0.25) is 8.80 Å². The number of hydrogen-bond acceptors (Lipinski definition) is 12. The van der Waals surface area contributed by atoms with E-state index in [4.69, 9.17) is 9.97 Å². The zero-order chi connectivity index (χ0) is 25.3. The molecule has 0 aliphatic carbocycles. The number of rotatable bonds is 6. The molecule has 7 heterocycles. The van der Waals surface area contributed by atoms with Crippen LogP contribution in [-0.2, 0) is 0 Å². The molecule has 190 valence electrons. The second kappa shape index (κ2) is 9.72. The number of hydrogen-bond donors (Lipinski definition) is 4. The first-order valence-electron chi connectivity index (χ1n) is 12.0. The summed E-state index contributed by atoms with van der Waals surface area (Å²) in [5, 5.41) is 23.5. The Morgan fingerprint density at radius 3 is 2.03 bits per heavy atom. The van der Waals surface area contributed by atoms with Gasteiger partial charge in [0.25, 0.3) is 0 Å². The third kappa shape index (κ3) is 4.09. The Hall–Kier alpha value is -4.56. The summed E-state index contributed by atoms with van der Waals surface area (Å²) in [6, 6.07) is 6.09. The summed E-state index contributed by atoms with van der Waals surface area (Å²) < 4.78 is 4.03. The number of aliphatic imine (C=N–C) groups is 2. The summed E-state index contributed by atoms with van der Waals surface area (Å²) in [4.78, 5) is 18.7. The molecule has 0 saturated heterocycles. The third-order valence-electron chi connectivity index (χ3n) is 6.09. The molecule has 0 saturated carbocycles. The average molecular weight is 543 g/mol. The first kappa shape index (κ1) is 22.6. The van der Waals surface area contributed by atoms with Crippen molar-refractivity contribution >= 4 is 58.4 Å². The quantitative estimate of drug-likeness (QED) is 0.192. The Labute approximate surface area is 224 Å². The molecule has 0 atom stereocenters. The Balaban J connectivity index is 1.39. The fraction of sp³-hybridized carbons (Fsp3) is 0.167. The molecule has 7 rings (SSSR count). The summed E-state index contributed by atoms with van der Waals surface area (Å²) in [5.74, 6) is 2.02. The number of imidazole rings is 2. The van der Waals surface area contributed by atoms with Crippen molar-refractivity contribution in [3.8, 4) is 22.5 Å². The Kier molecular flexibility index (Phi) is 5.79. The molecule has 2 aliphatic heterocycles. The topological polar surface area (TPSA) is 132 Å². The van der Waals surface area contributed by atoms with E-state index in [9.17, 15) is 0 Å². The van der Waals surface area contributed by atoms with Crippen molar-refractivity contribution in [2.75, 3.05) is 26.2 Å². The van der Waals surface area contributed by atoms with Gasteiger partial charge in [-0.1, -0.05) is 0 Å². The third-order valence-corrected chi connectivity index (χ3v) is 7.46. The van der Waals surface area contributed by atoms with Gasteiger partial charge in [-0.2, -0.15) is 32.9 Å². The van der Waals surface area contributed by atoms with Gasteiger partial charge in [-0.25, -0.2) is 30.8 Å². The molecule has 0 radical (unpaired) electrons. The fourth-order valence-corrected chi connectivity index (χ4v) is 5.65. The zero-order valence-electron chi connectivity index (χ0n) is 20.0. The minimum absolute atomic E-state index is 0.658. The molecule has 0 fully saturated rings. The van der Waals surface area contributed by atoms with Crippen LogP contribution >= 0.6 is 22.7 Å². The molecule has 2 aliphatic rings. The molecule has 0 unspecified atom stereocenters. The normalized spacial score (nSPS) is 15.5. The van der Waals surface area contributed by atoms with Crippen LogP contribution in [0.25, 0.3) is 33.9 Å². The lowest BCUT2D eigenvalue weighted by Crippen LogP contribution is -2.30. The standard InChI is InChI=1S/C24H22N12S2/c1-8-35-17(11-29-33-22-25-4-5-26-22)20(15-2-9-37-13-15)32-24(35)36-18(12-30-34-23-27-6-7-28-23)21(31-19(1)36)16-3-10-38-14-16/h1-3,8-14H,4-7H2,(H2,25,26,33)(H2,27,28,34)/b29-11+,30-12+. The molecule has 4 N–H and O–H groups in total. The van der Waals surface area contributed by atoms with E-state index in [2.05, 4.69) is 64.6 Å². The summed E-state index contributed by atoms with van der Waals surface area (Å²) in [6.07, 6.45) is 5.52. The highest BCUT2D eigenvalue weighted by molar-refractivity contribution is 7.08. The second-order valence-corrected chi connectivity index (χ2v) is 10.0. The summed E-state index contributed by atoms with van der Waals surface area (Å²) in [5.41, 5.74) is 12.1. The van der Waals surface area contributed by atoms with Gasteiger partial charge < -0.3 is 10.6 Å². The van der Waals surface area contributed by atoms with Crippen molar-refractivity contribution in [1.82, 2.24) is 40.3 Å². The number of nitrogens with zero attached hydrogens (tertiary/aromatic N) is 8. The first-order chi connectivity index (χ1) is 18.8. The van der Waals surface area contributed by atoms with Crippen molar-refractivity contribution in [3.63, 3.8) is 0 Å². The van der Waals surface area contributed by atoms with Crippen molar-refractivity contribution in [2.24, 2.45) is 20.2 Å². The lowest BCUT2D eigenvalue weighted by Gasteiger charge is -2.04. The van der Waals surface area contributed by atoms with Crippen molar-refractivity contribution in [1.29, 1.82) is 0 Å². The number of nitrogens with one attached hydrogen (secondary N) is 4. The molecule has 0 spiro atoms. The van der Waals surface area contributed by atoms with Crippen LogP contribution in [0.2, 0.25) is 0 Å². The van der Waals surface area contributed by atoms with E-state index in [1.54, 1.807) is 35.1 Å². The molecule has 5 aromatic rings. The molecular formula is C24H22N12S2. The van der Waals surface area contributed by atoms with E-state index in [0.717, 1.165) is 65.7 Å². The minimum atomic E-state index is 0.658. The summed E-state index contributed by atoms with van der Waals surface area (Å²) in [6.45, 7) is 3.08. The Bertz CT molecular complexity index is 1720. The van der Waals surface area contributed by atoms with Crippen LogP contribution in [-0.4, -0.2) is 69.3 Å².